The molecule has 2 aliphatic rings. The second-order valence-corrected chi connectivity index (χ2v) is 7.46. The quantitative estimate of drug-likeness (QED) is 0.920. The smallest absolute Gasteiger partial charge is 0.153 e. The Morgan fingerprint density at radius 3 is 2.96 bits per heavy atom. The topological polar surface area (TPSA) is 55.9 Å². The van der Waals surface area contributed by atoms with E-state index >= 15 is 0 Å². The molecule has 0 aromatic carbocycles. The van der Waals surface area contributed by atoms with Crippen molar-refractivity contribution in [2.75, 3.05) is 0 Å². The van der Waals surface area contributed by atoms with Crippen LogP contribution in [-0.2, 0) is 19.5 Å². The molecule has 3 heterocycles. The molecular formula is C18H26N4O. The lowest BCUT2D eigenvalue weighted by atomic mass is 10.1. The maximum absolute atomic E-state index is 5.98. The molecule has 1 saturated carbocycles. The summed E-state index contributed by atoms with van der Waals surface area (Å²) in [4.78, 5) is 4.65. The highest BCUT2D eigenvalue weighted by Crippen LogP contribution is 2.47. The monoisotopic (exact) mass is 314 g/mol. The first-order valence-corrected chi connectivity index (χ1v) is 8.85. The molecule has 124 valence electrons. The number of hydrogen-bond donors (Lipinski definition) is 1. The number of furan rings is 1. The van der Waals surface area contributed by atoms with Crippen molar-refractivity contribution in [2.45, 2.75) is 71.0 Å². The minimum absolute atomic E-state index is 0.394. The van der Waals surface area contributed by atoms with Gasteiger partial charge in [0.05, 0.1) is 13.1 Å². The minimum atomic E-state index is 0.394. The van der Waals surface area contributed by atoms with E-state index in [9.17, 15) is 0 Å². The Kier molecular flexibility index (Phi) is 3.76. The molecule has 1 fully saturated rings. The summed E-state index contributed by atoms with van der Waals surface area (Å²) in [6.07, 6.45) is 3.39. The van der Waals surface area contributed by atoms with Gasteiger partial charge in [-0.3, -0.25) is 0 Å². The Bertz CT molecular complexity index is 687. The third-order valence-corrected chi connectivity index (χ3v) is 5.11. The molecule has 4 rings (SSSR count). The number of rotatable bonds is 5. The van der Waals surface area contributed by atoms with Gasteiger partial charge in [-0.05, 0) is 30.9 Å². The van der Waals surface area contributed by atoms with Gasteiger partial charge in [-0.25, -0.2) is 9.67 Å². The molecule has 5 heteroatoms. The van der Waals surface area contributed by atoms with E-state index in [1.54, 1.807) is 0 Å². The maximum Gasteiger partial charge on any atom is 0.153 e. The molecule has 1 aliphatic heterocycles. The van der Waals surface area contributed by atoms with Crippen LogP contribution in [-0.4, -0.2) is 20.8 Å². The molecule has 23 heavy (non-hydrogen) atoms. The number of hydrogen-bond acceptors (Lipinski definition) is 4. The minimum Gasteiger partial charge on any atom is -0.464 e. The highest BCUT2D eigenvalue weighted by atomic mass is 16.3. The van der Waals surface area contributed by atoms with Gasteiger partial charge in [0.2, 0.25) is 0 Å². The van der Waals surface area contributed by atoms with Crippen LogP contribution >= 0.6 is 0 Å². The van der Waals surface area contributed by atoms with Gasteiger partial charge < -0.3 is 9.73 Å². The Balaban J connectivity index is 1.34. The van der Waals surface area contributed by atoms with Crippen LogP contribution in [0.5, 0.6) is 0 Å². The molecule has 3 atom stereocenters. The zero-order chi connectivity index (χ0) is 16.0. The van der Waals surface area contributed by atoms with Gasteiger partial charge in [-0.2, -0.15) is 5.10 Å². The molecule has 0 spiro atoms. The molecule has 0 radical (unpaired) electrons. The van der Waals surface area contributed by atoms with Crippen LogP contribution in [0.3, 0.4) is 0 Å². The van der Waals surface area contributed by atoms with Gasteiger partial charge in [0.25, 0.3) is 0 Å². The van der Waals surface area contributed by atoms with E-state index in [-0.39, 0.29) is 0 Å². The van der Waals surface area contributed by atoms with Crippen molar-refractivity contribution in [1.29, 1.82) is 0 Å². The summed E-state index contributed by atoms with van der Waals surface area (Å²) >= 11 is 0. The highest BCUT2D eigenvalue weighted by Gasteiger charge is 2.36. The molecular weight excluding hydrogens is 288 g/mol. The van der Waals surface area contributed by atoms with Crippen LogP contribution in [0, 0.1) is 5.92 Å². The van der Waals surface area contributed by atoms with Crippen molar-refractivity contribution in [1.82, 2.24) is 20.1 Å². The number of aryl methyl sites for hydroxylation is 1. The first-order valence-electron chi connectivity index (χ1n) is 8.85. The Labute approximate surface area is 137 Å². The molecule has 2 aromatic rings. The van der Waals surface area contributed by atoms with E-state index in [2.05, 4.69) is 53.0 Å². The zero-order valence-corrected chi connectivity index (χ0v) is 14.2. The average Bonchev–Trinajstić information content (AvgIpc) is 2.96. The summed E-state index contributed by atoms with van der Waals surface area (Å²) in [6, 6.07) is 4.71. The molecule has 0 amide bonds. The van der Waals surface area contributed by atoms with Gasteiger partial charge >= 0.3 is 0 Å². The van der Waals surface area contributed by atoms with Gasteiger partial charge in [-0.1, -0.05) is 20.8 Å². The SMILES string of the molecule is CC(C)c1nc2n(n1)CC(NCc1ccc(C3CC3C)o1)CC2. The van der Waals surface area contributed by atoms with Crippen LogP contribution in [0.4, 0.5) is 0 Å². The zero-order valence-electron chi connectivity index (χ0n) is 14.2. The Morgan fingerprint density at radius 2 is 2.22 bits per heavy atom. The largest absolute Gasteiger partial charge is 0.464 e. The second-order valence-electron chi connectivity index (χ2n) is 7.46. The lowest BCUT2D eigenvalue weighted by Crippen LogP contribution is -2.37. The summed E-state index contributed by atoms with van der Waals surface area (Å²) in [6.45, 7) is 8.28. The first-order chi connectivity index (χ1) is 11.1. The van der Waals surface area contributed by atoms with Crippen LogP contribution < -0.4 is 5.32 Å². The van der Waals surface area contributed by atoms with E-state index < -0.39 is 0 Å². The standard InChI is InChI=1S/C18H26N4O/c1-11(2)18-20-17-7-4-13(10-22(17)21-18)19-9-14-5-6-16(23-14)15-8-12(15)3/h5-6,11-13,15,19H,4,7-10H2,1-3H3. The molecule has 0 saturated heterocycles. The summed E-state index contributed by atoms with van der Waals surface area (Å²) in [5.41, 5.74) is 0. The number of nitrogens with one attached hydrogen (secondary N) is 1. The van der Waals surface area contributed by atoms with Crippen LogP contribution in [0.2, 0.25) is 0 Å². The van der Waals surface area contributed by atoms with Crippen molar-refractivity contribution >= 4 is 0 Å². The fraction of sp³-hybridized carbons (Fsp3) is 0.667. The summed E-state index contributed by atoms with van der Waals surface area (Å²) < 4.78 is 8.06. The highest BCUT2D eigenvalue weighted by molar-refractivity contribution is 5.17. The lowest BCUT2D eigenvalue weighted by molar-refractivity contribution is 0.340. The predicted molar refractivity (Wildman–Crippen MR) is 88.3 cm³/mol. The average molecular weight is 314 g/mol. The fourth-order valence-corrected chi connectivity index (χ4v) is 3.39. The maximum atomic E-state index is 5.98. The van der Waals surface area contributed by atoms with E-state index in [0.29, 0.717) is 17.9 Å². The first kappa shape index (κ1) is 14.9. The van der Waals surface area contributed by atoms with Crippen LogP contribution in [0.15, 0.2) is 16.5 Å². The normalized spacial score (nSPS) is 26.5. The number of aromatic nitrogens is 3. The van der Waals surface area contributed by atoms with Gasteiger partial charge in [-0.15, -0.1) is 0 Å². The van der Waals surface area contributed by atoms with Crippen molar-refractivity contribution in [2.24, 2.45) is 5.92 Å². The van der Waals surface area contributed by atoms with Crippen molar-refractivity contribution in [3.05, 3.63) is 35.3 Å². The molecule has 3 unspecified atom stereocenters. The molecule has 2 aromatic heterocycles. The summed E-state index contributed by atoms with van der Waals surface area (Å²) in [7, 11) is 0. The van der Waals surface area contributed by atoms with E-state index in [1.165, 1.54) is 6.42 Å². The predicted octanol–water partition coefficient (Wildman–Crippen LogP) is 3.22. The van der Waals surface area contributed by atoms with Crippen molar-refractivity contribution in [3.8, 4) is 0 Å². The van der Waals surface area contributed by atoms with Gasteiger partial charge in [0, 0.05) is 24.3 Å². The van der Waals surface area contributed by atoms with Crippen molar-refractivity contribution < 1.29 is 4.42 Å². The third-order valence-electron chi connectivity index (χ3n) is 5.11. The van der Waals surface area contributed by atoms with E-state index in [1.807, 2.05) is 0 Å². The van der Waals surface area contributed by atoms with Gasteiger partial charge in [0.1, 0.15) is 17.3 Å². The van der Waals surface area contributed by atoms with E-state index in [4.69, 9.17) is 4.42 Å². The van der Waals surface area contributed by atoms with E-state index in [0.717, 1.165) is 55.0 Å². The van der Waals surface area contributed by atoms with Crippen LogP contribution in [0.25, 0.3) is 0 Å². The second kappa shape index (κ2) is 5.78. The van der Waals surface area contributed by atoms with Crippen molar-refractivity contribution in [3.63, 3.8) is 0 Å². The molecule has 1 aliphatic carbocycles. The van der Waals surface area contributed by atoms with Crippen LogP contribution in [0.1, 0.15) is 68.6 Å². The number of nitrogens with zero attached hydrogens (tertiary/aromatic N) is 3. The fourth-order valence-electron chi connectivity index (χ4n) is 3.39. The Morgan fingerprint density at radius 1 is 1.39 bits per heavy atom. The van der Waals surface area contributed by atoms with Gasteiger partial charge in [0.15, 0.2) is 5.82 Å². The molecule has 0 bridgehead atoms. The lowest BCUT2D eigenvalue weighted by Gasteiger charge is -2.23. The molecule has 5 nitrogen and oxygen atoms in total. The third kappa shape index (κ3) is 3.07. The summed E-state index contributed by atoms with van der Waals surface area (Å²) in [5, 5.41) is 8.26. The number of fused-ring (bicyclic) bond motifs is 1. The molecule has 1 N–H and O–H groups in total. The summed E-state index contributed by atoms with van der Waals surface area (Å²) in [5.74, 6) is 6.16. The Hall–Kier alpha value is -1.62.